The van der Waals surface area contributed by atoms with Crippen molar-refractivity contribution in [2.75, 3.05) is 40.3 Å². The van der Waals surface area contributed by atoms with Gasteiger partial charge in [0.05, 0.1) is 0 Å². The molecule has 2 bridgehead atoms. The van der Waals surface area contributed by atoms with Crippen LogP contribution in [0.3, 0.4) is 0 Å². The summed E-state index contributed by atoms with van der Waals surface area (Å²) in [5, 5.41) is 3.10. The van der Waals surface area contributed by atoms with Crippen molar-refractivity contribution in [2.45, 2.75) is 37.9 Å². The summed E-state index contributed by atoms with van der Waals surface area (Å²) in [4.78, 5) is 19.2. The number of urea groups is 1. The minimum absolute atomic E-state index is 0.101. The predicted molar refractivity (Wildman–Crippen MR) is 96.9 cm³/mol. The van der Waals surface area contributed by atoms with Gasteiger partial charge in [0.1, 0.15) is 0 Å². The number of carbonyl (C=O) groups is 1. The minimum Gasteiger partial charge on any atom is -0.337 e. The summed E-state index contributed by atoms with van der Waals surface area (Å²) in [6.07, 6.45) is 3.62. The number of amides is 2. The molecule has 2 heterocycles. The molecule has 5 heteroatoms. The SMILES string of the molecule is CN(CCNC(=O)N1CCC2CCC(C1)N2C)Cc1ccccc1. The third kappa shape index (κ3) is 4.28. The number of nitrogens with one attached hydrogen (secondary N) is 1. The molecule has 5 nitrogen and oxygen atoms in total. The molecule has 0 aromatic heterocycles. The third-order valence-electron chi connectivity index (χ3n) is 5.50. The number of benzene rings is 1. The first-order valence-electron chi connectivity index (χ1n) is 9.10. The lowest BCUT2D eigenvalue weighted by Gasteiger charge is -2.26. The maximum atomic E-state index is 12.5. The Hall–Kier alpha value is -1.59. The molecule has 2 aliphatic rings. The van der Waals surface area contributed by atoms with Gasteiger partial charge in [-0.25, -0.2) is 4.79 Å². The van der Waals surface area contributed by atoms with Crippen molar-refractivity contribution in [3.63, 3.8) is 0 Å². The van der Waals surface area contributed by atoms with Crippen LogP contribution in [0.2, 0.25) is 0 Å². The number of hydrogen-bond acceptors (Lipinski definition) is 3. The average molecular weight is 330 g/mol. The highest BCUT2D eigenvalue weighted by Crippen LogP contribution is 2.28. The molecule has 2 atom stereocenters. The normalized spacial score (nSPS) is 24.2. The Kier molecular flexibility index (Phi) is 5.74. The van der Waals surface area contributed by atoms with E-state index in [1.807, 2.05) is 11.0 Å². The molecule has 2 amide bonds. The summed E-state index contributed by atoms with van der Waals surface area (Å²) >= 11 is 0. The average Bonchev–Trinajstić information content (AvgIpc) is 2.80. The van der Waals surface area contributed by atoms with E-state index in [1.165, 1.54) is 18.4 Å². The van der Waals surface area contributed by atoms with Crippen LogP contribution < -0.4 is 5.32 Å². The first-order chi connectivity index (χ1) is 11.6. The van der Waals surface area contributed by atoms with Crippen molar-refractivity contribution in [1.82, 2.24) is 20.0 Å². The van der Waals surface area contributed by atoms with Gasteiger partial charge >= 0.3 is 6.03 Å². The standard InChI is InChI=1S/C19H30N4O/c1-21(14-16-6-4-3-5-7-16)13-11-20-19(24)23-12-10-17-8-9-18(15-23)22(17)2/h3-7,17-18H,8-15H2,1-2H3,(H,20,24). The van der Waals surface area contributed by atoms with Gasteiger partial charge in [0.2, 0.25) is 0 Å². The number of hydrogen-bond donors (Lipinski definition) is 1. The summed E-state index contributed by atoms with van der Waals surface area (Å²) in [5.74, 6) is 0. The number of nitrogens with zero attached hydrogens (tertiary/aromatic N) is 3. The maximum Gasteiger partial charge on any atom is 0.317 e. The predicted octanol–water partition coefficient (Wildman–Crippen LogP) is 2.00. The van der Waals surface area contributed by atoms with Gasteiger partial charge in [0.15, 0.2) is 0 Å². The lowest BCUT2D eigenvalue weighted by Crippen LogP contribution is -2.46. The van der Waals surface area contributed by atoms with Gasteiger partial charge in [0, 0.05) is 44.8 Å². The Morgan fingerprint density at radius 3 is 2.75 bits per heavy atom. The van der Waals surface area contributed by atoms with E-state index < -0.39 is 0 Å². The van der Waals surface area contributed by atoms with Crippen molar-refractivity contribution < 1.29 is 4.79 Å². The molecule has 132 valence electrons. The molecule has 0 spiro atoms. The van der Waals surface area contributed by atoms with E-state index >= 15 is 0 Å². The van der Waals surface area contributed by atoms with Crippen molar-refractivity contribution in [3.05, 3.63) is 35.9 Å². The number of likely N-dealkylation sites (tertiary alicyclic amines) is 1. The topological polar surface area (TPSA) is 38.8 Å². The second-order valence-corrected chi connectivity index (χ2v) is 7.24. The van der Waals surface area contributed by atoms with Gasteiger partial charge < -0.3 is 15.1 Å². The van der Waals surface area contributed by atoms with Crippen LogP contribution in [0.25, 0.3) is 0 Å². The highest BCUT2D eigenvalue weighted by Gasteiger charge is 2.35. The minimum atomic E-state index is 0.101. The number of fused-ring (bicyclic) bond motifs is 2. The molecule has 1 aromatic carbocycles. The number of carbonyl (C=O) groups excluding carboxylic acids is 1. The van der Waals surface area contributed by atoms with Crippen LogP contribution in [0, 0.1) is 0 Å². The second kappa shape index (κ2) is 7.99. The molecule has 3 rings (SSSR count). The molecule has 1 aromatic rings. The molecule has 1 N–H and O–H groups in total. The van der Waals surface area contributed by atoms with Gasteiger partial charge in [-0.3, -0.25) is 4.90 Å². The summed E-state index contributed by atoms with van der Waals surface area (Å²) in [6, 6.07) is 11.8. The maximum absolute atomic E-state index is 12.5. The molecular formula is C19H30N4O. The number of likely N-dealkylation sites (N-methyl/N-ethyl adjacent to an activating group) is 2. The van der Waals surface area contributed by atoms with Crippen molar-refractivity contribution in [1.29, 1.82) is 0 Å². The van der Waals surface area contributed by atoms with E-state index in [4.69, 9.17) is 0 Å². The molecule has 0 radical (unpaired) electrons. The Morgan fingerprint density at radius 2 is 1.96 bits per heavy atom. The lowest BCUT2D eigenvalue weighted by molar-refractivity contribution is 0.186. The van der Waals surface area contributed by atoms with Crippen LogP contribution in [0.5, 0.6) is 0 Å². The Balaban J connectivity index is 1.39. The lowest BCUT2D eigenvalue weighted by atomic mass is 10.1. The molecule has 2 unspecified atom stereocenters. The van der Waals surface area contributed by atoms with E-state index in [1.54, 1.807) is 0 Å². The van der Waals surface area contributed by atoms with Gasteiger partial charge in [-0.1, -0.05) is 30.3 Å². The van der Waals surface area contributed by atoms with E-state index in [0.29, 0.717) is 18.6 Å². The molecular weight excluding hydrogens is 300 g/mol. The Bertz CT molecular complexity index is 535. The summed E-state index contributed by atoms with van der Waals surface area (Å²) in [6.45, 7) is 4.23. The first kappa shape index (κ1) is 17.2. The van der Waals surface area contributed by atoms with Gasteiger partial charge in [-0.05, 0) is 38.9 Å². The second-order valence-electron chi connectivity index (χ2n) is 7.24. The monoisotopic (exact) mass is 330 g/mol. The highest BCUT2D eigenvalue weighted by atomic mass is 16.2. The fourth-order valence-electron chi connectivity index (χ4n) is 3.93. The van der Waals surface area contributed by atoms with Crippen LogP contribution in [0.1, 0.15) is 24.8 Å². The van der Waals surface area contributed by atoms with Gasteiger partial charge in [-0.15, -0.1) is 0 Å². The van der Waals surface area contributed by atoms with Crippen molar-refractivity contribution in [3.8, 4) is 0 Å². The van der Waals surface area contributed by atoms with Crippen LogP contribution in [0.4, 0.5) is 4.79 Å². The number of rotatable bonds is 5. The van der Waals surface area contributed by atoms with Gasteiger partial charge in [0.25, 0.3) is 0 Å². The van der Waals surface area contributed by atoms with E-state index in [2.05, 4.69) is 53.5 Å². The molecule has 2 saturated heterocycles. The fourth-order valence-corrected chi connectivity index (χ4v) is 3.93. The highest BCUT2D eigenvalue weighted by molar-refractivity contribution is 5.74. The van der Waals surface area contributed by atoms with Crippen molar-refractivity contribution in [2.24, 2.45) is 0 Å². The largest absolute Gasteiger partial charge is 0.337 e. The van der Waals surface area contributed by atoms with E-state index in [-0.39, 0.29) is 6.03 Å². The smallest absolute Gasteiger partial charge is 0.317 e. The Morgan fingerprint density at radius 1 is 1.21 bits per heavy atom. The zero-order valence-corrected chi connectivity index (χ0v) is 14.9. The summed E-state index contributed by atoms with van der Waals surface area (Å²) < 4.78 is 0. The zero-order valence-electron chi connectivity index (χ0n) is 14.9. The summed E-state index contributed by atoms with van der Waals surface area (Å²) in [5.41, 5.74) is 1.30. The van der Waals surface area contributed by atoms with Crippen LogP contribution >= 0.6 is 0 Å². The van der Waals surface area contributed by atoms with Crippen molar-refractivity contribution >= 4 is 6.03 Å². The zero-order chi connectivity index (χ0) is 16.9. The first-order valence-corrected chi connectivity index (χ1v) is 9.10. The van der Waals surface area contributed by atoms with Crippen LogP contribution in [-0.4, -0.2) is 73.1 Å². The molecule has 0 aliphatic carbocycles. The van der Waals surface area contributed by atoms with Crippen LogP contribution in [-0.2, 0) is 6.54 Å². The van der Waals surface area contributed by atoms with E-state index in [0.717, 1.165) is 32.6 Å². The van der Waals surface area contributed by atoms with E-state index in [9.17, 15) is 4.79 Å². The molecule has 2 aliphatic heterocycles. The third-order valence-corrected chi connectivity index (χ3v) is 5.50. The molecule has 2 fully saturated rings. The van der Waals surface area contributed by atoms with Crippen LogP contribution in [0.15, 0.2) is 30.3 Å². The molecule has 24 heavy (non-hydrogen) atoms. The summed E-state index contributed by atoms with van der Waals surface area (Å²) in [7, 11) is 4.31. The Labute approximate surface area is 145 Å². The fraction of sp³-hybridized carbons (Fsp3) is 0.632. The van der Waals surface area contributed by atoms with Gasteiger partial charge in [-0.2, -0.15) is 0 Å². The quantitative estimate of drug-likeness (QED) is 0.897. The molecule has 0 saturated carbocycles.